The normalized spacial score (nSPS) is 11.6. The highest BCUT2D eigenvalue weighted by Gasteiger charge is 2.32. The van der Waals surface area contributed by atoms with Crippen LogP contribution >= 0.6 is 0 Å². The van der Waals surface area contributed by atoms with Crippen LogP contribution in [-0.4, -0.2) is 20.9 Å². The van der Waals surface area contributed by atoms with Gasteiger partial charge in [-0.2, -0.15) is 18.3 Å². The predicted octanol–water partition coefficient (Wildman–Crippen LogP) is 2.90. The molecule has 0 spiro atoms. The molecule has 1 N–H and O–H groups in total. The molecule has 1 aromatic carbocycles. The monoisotopic (exact) mass is 270 g/mol. The zero-order valence-electron chi connectivity index (χ0n) is 9.77. The average molecular weight is 270 g/mol. The minimum Gasteiger partial charge on any atom is -0.478 e. The number of benzene rings is 1. The number of carbonyl (C=O) groups is 1. The molecule has 2 aromatic rings. The van der Waals surface area contributed by atoms with E-state index in [1.54, 1.807) is 6.92 Å². The molecule has 0 saturated carbocycles. The van der Waals surface area contributed by atoms with Gasteiger partial charge in [-0.05, 0) is 30.7 Å². The highest BCUT2D eigenvalue weighted by molar-refractivity contribution is 5.88. The second-order valence-electron chi connectivity index (χ2n) is 4.03. The van der Waals surface area contributed by atoms with Crippen LogP contribution in [0.4, 0.5) is 13.2 Å². The molecule has 0 bridgehead atoms. The van der Waals surface area contributed by atoms with Crippen molar-refractivity contribution in [2.75, 3.05) is 0 Å². The lowest BCUT2D eigenvalue weighted by Gasteiger charge is -2.10. The van der Waals surface area contributed by atoms with Crippen molar-refractivity contribution in [3.63, 3.8) is 0 Å². The number of aromatic nitrogens is 2. The zero-order chi connectivity index (χ0) is 14.2. The standard InChI is InChI=1S/C12H9F3N2O2/c1-7-5-16-17(6-7)10-3-8(11(18)19)2-9(4-10)12(13,14)15/h2-6H,1H3,(H,18,19). The van der Waals surface area contributed by atoms with Crippen molar-refractivity contribution in [2.24, 2.45) is 0 Å². The van der Waals surface area contributed by atoms with Gasteiger partial charge in [0.25, 0.3) is 0 Å². The maximum absolute atomic E-state index is 12.7. The van der Waals surface area contributed by atoms with Crippen molar-refractivity contribution in [1.82, 2.24) is 9.78 Å². The number of carboxylic acids is 1. The van der Waals surface area contributed by atoms with Gasteiger partial charge in [0.2, 0.25) is 0 Å². The first-order valence-corrected chi connectivity index (χ1v) is 5.24. The quantitative estimate of drug-likeness (QED) is 0.912. The van der Waals surface area contributed by atoms with Gasteiger partial charge >= 0.3 is 12.1 Å². The number of aryl methyl sites for hydroxylation is 1. The van der Waals surface area contributed by atoms with Crippen molar-refractivity contribution in [1.29, 1.82) is 0 Å². The van der Waals surface area contributed by atoms with Crippen LogP contribution in [-0.2, 0) is 6.18 Å². The molecular formula is C12H9F3N2O2. The Morgan fingerprint density at radius 2 is 2.00 bits per heavy atom. The molecule has 1 heterocycles. The summed E-state index contributed by atoms with van der Waals surface area (Å²) in [5.41, 5.74) is -0.636. The van der Waals surface area contributed by atoms with Crippen LogP contribution in [0.2, 0.25) is 0 Å². The minimum atomic E-state index is -4.61. The van der Waals surface area contributed by atoms with Gasteiger partial charge in [-0.3, -0.25) is 0 Å². The summed E-state index contributed by atoms with van der Waals surface area (Å²) in [7, 11) is 0. The van der Waals surface area contributed by atoms with E-state index in [1.165, 1.54) is 17.1 Å². The van der Waals surface area contributed by atoms with Gasteiger partial charge in [0.05, 0.1) is 23.0 Å². The maximum atomic E-state index is 12.7. The van der Waals surface area contributed by atoms with Crippen molar-refractivity contribution in [2.45, 2.75) is 13.1 Å². The Morgan fingerprint density at radius 1 is 1.32 bits per heavy atom. The molecule has 0 fully saturated rings. The second kappa shape index (κ2) is 4.42. The number of alkyl halides is 3. The molecule has 19 heavy (non-hydrogen) atoms. The van der Waals surface area contributed by atoms with Gasteiger partial charge in [-0.25, -0.2) is 9.48 Å². The molecule has 0 aliphatic rings. The van der Waals surface area contributed by atoms with Gasteiger partial charge in [0.15, 0.2) is 0 Å². The fraction of sp³-hybridized carbons (Fsp3) is 0.167. The van der Waals surface area contributed by atoms with Crippen LogP contribution in [0.3, 0.4) is 0 Å². The van der Waals surface area contributed by atoms with E-state index in [4.69, 9.17) is 5.11 Å². The van der Waals surface area contributed by atoms with Gasteiger partial charge < -0.3 is 5.11 Å². The largest absolute Gasteiger partial charge is 0.478 e. The molecule has 0 aliphatic heterocycles. The van der Waals surface area contributed by atoms with E-state index in [-0.39, 0.29) is 5.69 Å². The van der Waals surface area contributed by atoms with E-state index in [2.05, 4.69) is 5.10 Å². The first-order chi connectivity index (χ1) is 8.77. The van der Waals surface area contributed by atoms with Crippen molar-refractivity contribution >= 4 is 5.97 Å². The fourth-order valence-electron chi connectivity index (χ4n) is 1.58. The number of carboxylic acid groups (broad SMARTS) is 1. The third-order valence-electron chi connectivity index (χ3n) is 2.47. The van der Waals surface area contributed by atoms with Gasteiger partial charge in [0, 0.05) is 6.20 Å². The minimum absolute atomic E-state index is 0.0559. The van der Waals surface area contributed by atoms with Gasteiger partial charge in [0.1, 0.15) is 0 Å². The average Bonchev–Trinajstić information content (AvgIpc) is 2.74. The molecule has 1 aromatic heterocycles. The summed E-state index contributed by atoms with van der Waals surface area (Å²) in [6, 6.07) is 2.60. The lowest BCUT2D eigenvalue weighted by atomic mass is 10.1. The zero-order valence-corrected chi connectivity index (χ0v) is 9.77. The Hall–Kier alpha value is -2.31. The first-order valence-electron chi connectivity index (χ1n) is 5.24. The van der Waals surface area contributed by atoms with Crippen molar-refractivity contribution in [3.05, 3.63) is 47.3 Å². The number of hydrogen-bond donors (Lipinski definition) is 1. The SMILES string of the molecule is Cc1cnn(-c2cc(C(=O)O)cc(C(F)(F)F)c2)c1. The summed E-state index contributed by atoms with van der Waals surface area (Å²) in [4.78, 5) is 10.9. The van der Waals surface area contributed by atoms with E-state index >= 15 is 0 Å². The van der Waals surface area contributed by atoms with Crippen LogP contribution in [0.15, 0.2) is 30.6 Å². The van der Waals surface area contributed by atoms with Crippen LogP contribution in [0.25, 0.3) is 5.69 Å². The summed E-state index contributed by atoms with van der Waals surface area (Å²) in [5, 5.41) is 12.7. The summed E-state index contributed by atoms with van der Waals surface area (Å²) < 4.78 is 39.3. The number of aromatic carboxylic acids is 1. The predicted molar refractivity (Wildman–Crippen MR) is 60.3 cm³/mol. The molecule has 0 saturated heterocycles. The van der Waals surface area contributed by atoms with Crippen LogP contribution in [0.1, 0.15) is 21.5 Å². The highest BCUT2D eigenvalue weighted by atomic mass is 19.4. The van der Waals surface area contributed by atoms with E-state index in [1.807, 2.05) is 0 Å². The molecular weight excluding hydrogens is 261 g/mol. The third-order valence-corrected chi connectivity index (χ3v) is 2.47. The molecule has 4 nitrogen and oxygen atoms in total. The molecule has 0 aliphatic carbocycles. The molecule has 0 unspecified atom stereocenters. The molecule has 0 radical (unpaired) electrons. The number of rotatable bonds is 2. The molecule has 2 rings (SSSR count). The molecule has 100 valence electrons. The lowest BCUT2D eigenvalue weighted by molar-refractivity contribution is -0.137. The van der Waals surface area contributed by atoms with E-state index in [0.29, 0.717) is 6.07 Å². The van der Waals surface area contributed by atoms with Crippen LogP contribution < -0.4 is 0 Å². The summed E-state index contributed by atoms with van der Waals surface area (Å²) in [6.45, 7) is 1.73. The highest BCUT2D eigenvalue weighted by Crippen LogP contribution is 2.31. The number of hydrogen-bond acceptors (Lipinski definition) is 2. The summed E-state index contributed by atoms with van der Waals surface area (Å²) in [6.07, 6.45) is -1.62. The molecule has 0 amide bonds. The molecule has 0 atom stereocenters. The van der Waals surface area contributed by atoms with E-state index < -0.39 is 23.3 Å². The Balaban J connectivity index is 2.61. The Kier molecular flexibility index (Phi) is 3.05. The van der Waals surface area contributed by atoms with Crippen molar-refractivity contribution < 1.29 is 23.1 Å². The van der Waals surface area contributed by atoms with Gasteiger partial charge in [-0.15, -0.1) is 0 Å². The second-order valence-corrected chi connectivity index (χ2v) is 4.03. The van der Waals surface area contributed by atoms with Crippen LogP contribution in [0, 0.1) is 6.92 Å². The van der Waals surface area contributed by atoms with Gasteiger partial charge in [-0.1, -0.05) is 0 Å². The number of nitrogens with zero attached hydrogens (tertiary/aromatic N) is 2. The summed E-state index contributed by atoms with van der Waals surface area (Å²) in [5.74, 6) is -1.42. The fourth-order valence-corrected chi connectivity index (χ4v) is 1.58. The lowest BCUT2D eigenvalue weighted by Crippen LogP contribution is -2.10. The topological polar surface area (TPSA) is 55.1 Å². The Labute approximate surface area is 106 Å². The van der Waals surface area contributed by atoms with E-state index in [0.717, 1.165) is 17.7 Å². The third kappa shape index (κ3) is 2.75. The Morgan fingerprint density at radius 3 is 2.47 bits per heavy atom. The Bertz CT molecular complexity index is 632. The van der Waals surface area contributed by atoms with E-state index in [9.17, 15) is 18.0 Å². The molecule has 7 heteroatoms. The maximum Gasteiger partial charge on any atom is 0.416 e. The van der Waals surface area contributed by atoms with Crippen molar-refractivity contribution in [3.8, 4) is 5.69 Å². The smallest absolute Gasteiger partial charge is 0.416 e. The first kappa shape index (κ1) is 13.1. The summed E-state index contributed by atoms with van der Waals surface area (Å²) >= 11 is 0. The number of halogens is 3. The van der Waals surface area contributed by atoms with Crippen LogP contribution in [0.5, 0.6) is 0 Å².